The number of carboxylic acid groups (broad SMARTS) is 1. The fourth-order valence-corrected chi connectivity index (χ4v) is 5.19. The van der Waals surface area contributed by atoms with Crippen LogP contribution in [0.25, 0.3) is 0 Å². The van der Waals surface area contributed by atoms with E-state index in [1.165, 1.54) is 4.88 Å². The van der Waals surface area contributed by atoms with Crippen molar-refractivity contribution in [2.24, 2.45) is 11.3 Å². The van der Waals surface area contributed by atoms with Crippen LogP contribution < -0.4 is 0 Å². The molecule has 0 spiro atoms. The van der Waals surface area contributed by atoms with E-state index in [0.717, 1.165) is 29.7 Å². The van der Waals surface area contributed by atoms with Crippen molar-refractivity contribution in [3.63, 3.8) is 0 Å². The number of hydrogen-bond donors (Lipinski definition) is 1. The van der Waals surface area contributed by atoms with Gasteiger partial charge in [0.1, 0.15) is 0 Å². The summed E-state index contributed by atoms with van der Waals surface area (Å²) in [5.41, 5.74) is 1.82. The van der Waals surface area contributed by atoms with Gasteiger partial charge >= 0.3 is 5.97 Å². The van der Waals surface area contributed by atoms with Crippen molar-refractivity contribution in [2.75, 3.05) is 26.9 Å². The van der Waals surface area contributed by atoms with E-state index in [1.807, 2.05) is 0 Å². The normalized spacial score (nSPS) is 26.9. The Labute approximate surface area is 135 Å². The highest BCUT2D eigenvalue weighted by atomic mass is 32.1. The Hall–Kier alpha value is -0.910. The molecular weight excluding hydrogens is 300 g/mol. The first-order chi connectivity index (χ1) is 10.4. The molecule has 0 amide bonds. The predicted octanol–water partition coefficient (Wildman–Crippen LogP) is 3.34. The maximum Gasteiger partial charge on any atom is 0.337 e. The second-order valence-corrected chi connectivity index (χ2v) is 8.39. The van der Waals surface area contributed by atoms with Gasteiger partial charge in [-0.05, 0) is 30.2 Å². The molecule has 22 heavy (non-hydrogen) atoms. The summed E-state index contributed by atoms with van der Waals surface area (Å²) >= 11 is 1.70. The lowest BCUT2D eigenvalue weighted by Crippen LogP contribution is -2.23. The van der Waals surface area contributed by atoms with E-state index in [9.17, 15) is 9.90 Å². The van der Waals surface area contributed by atoms with Crippen LogP contribution in [0.1, 0.15) is 51.9 Å². The van der Waals surface area contributed by atoms with Gasteiger partial charge in [-0.15, -0.1) is 11.3 Å². The van der Waals surface area contributed by atoms with Crippen LogP contribution in [0.2, 0.25) is 0 Å². The number of aryl methyl sites for hydroxylation is 1. The van der Waals surface area contributed by atoms with Crippen LogP contribution in [0.4, 0.5) is 0 Å². The summed E-state index contributed by atoms with van der Waals surface area (Å²) in [6.45, 7) is 6.34. The van der Waals surface area contributed by atoms with Gasteiger partial charge in [0.25, 0.3) is 0 Å². The van der Waals surface area contributed by atoms with E-state index in [1.54, 1.807) is 18.4 Å². The van der Waals surface area contributed by atoms with E-state index >= 15 is 0 Å². The number of aromatic carboxylic acids is 1. The molecule has 122 valence electrons. The van der Waals surface area contributed by atoms with Gasteiger partial charge in [-0.25, -0.2) is 4.79 Å². The van der Waals surface area contributed by atoms with Gasteiger partial charge in [-0.1, -0.05) is 13.8 Å². The summed E-state index contributed by atoms with van der Waals surface area (Å²) in [5.74, 6) is -0.366. The van der Waals surface area contributed by atoms with E-state index < -0.39 is 5.97 Å². The molecule has 1 saturated heterocycles. The highest BCUT2D eigenvalue weighted by Crippen LogP contribution is 2.46. The number of carbonyl (C=O) groups is 1. The number of thiophene rings is 1. The van der Waals surface area contributed by atoms with Gasteiger partial charge in [0.05, 0.1) is 25.4 Å². The van der Waals surface area contributed by atoms with Gasteiger partial charge in [0.2, 0.25) is 0 Å². The van der Waals surface area contributed by atoms with Crippen molar-refractivity contribution < 1.29 is 19.4 Å². The summed E-state index contributed by atoms with van der Waals surface area (Å²) in [5, 5.41) is 9.79. The third-order valence-electron chi connectivity index (χ3n) is 4.93. The molecule has 1 aromatic rings. The molecule has 1 aromatic heterocycles. The summed E-state index contributed by atoms with van der Waals surface area (Å²) in [6.07, 6.45) is 2.99. The largest absolute Gasteiger partial charge is 0.478 e. The number of rotatable bonds is 4. The van der Waals surface area contributed by atoms with Crippen molar-refractivity contribution in [1.29, 1.82) is 0 Å². The number of ether oxygens (including phenoxy) is 2. The monoisotopic (exact) mass is 324 g/mol. The Kier molecular flexibility index (Phi) is 4.32. The van der Waals surface area contributed by atoms with Crippen molar-refractivity contribution in [3.05, 3.63) is 20.9 Å². The Morgan fingerprint density at radius 3 is 2.91 bits per heavy atom. The number of carboxylic acids is 1. The molecule has 1 aliphatic heterocycles. The van der Waals surface area contributed by atoms with Crippen LogP contribution in [0.5, 0.6) is 0 Å². The molecule has 1 aliphatic carbocycles. The number of hydrogen-bond acceptors (Lipinski definition) is 4. The van der Waals surface area contributed by atoms with Crippen LogP contribution >= 0.6 is 11.3 Å². The topological polar surface area (TPSA) is 55.8 Å². The third kappa shape index (κ3) is 2.82. The van der Waals surface area contributed by atoms with Gasteiger partial charge < -0.3 is 14.6 Å². The lowest BCUT2D eigenvalue weighted by atomic mass is 9.75. The molecule has 1 N–H and O–H groups in total. The lowest BCUT2D eigenvalue weighted by molar-refractivity contribution is 0.0693. The van der Waals surface area contributed by atoms with Crippen LogP contribution in [0.3, 0.4) is 0 Å². The number of fused-ring (bicyclic) bond motifs is 1. The molecule has 2 atom stereocenters. The highest BCUT2D eigenvalue weighted by molar-refractivity contribution is 7.12. The second-order valence-electron chi connectivity index (χ2n) is 7.25. The first-order valence-electron chi connectivity index (χ1n) is 7.87. The summed E-state index contributed by atoms with van der Waals surface area (Å²) in [7, 11) is 1.69. The minimum atomic E-state index is -0.784. The third-order valence-corrected chi connectivity index (χ3v) is 6.36. The second kappa shape index (κ2) is 5.95. The molecule has 0 unspecified atom stereocenters. The minimum Gasteiger partial charge on any atom is -0.478 e. The van der Waals surface area contributed by atoms with Crippen LogP contribution in [-0.2, 0) is 22.3 Å². The Bertz CT molecular complexity index is 575. The Morgan fingerprint density at radius 2 is 2.23 bits per heavy atom. The minimum absolute atomic E-state index is 0.157. The molecule has 1 fully saturated rings. The van der Waals surface area contributed by atoms with E-state index in [0.29, 0.717) is 25.4 Å². The Balaban J connectivity index is 2.02. The fourth-order valence-electron chi connectivity index (χ4n) is 3.70. The zero-order valence-corrected chi connectivity index (χ0v) is 14.3. The Morgan fingerprint density at radius 1 is 1.45 bits per heavy atom. The first-order valence-corrected chi connectivity index (χ1v) is 8.69. The van der Waals surface area contributed by atoms with E-state index in [2.05, 4.69) is 13.8 Å². The van der Waals surface area contributed by atoms with Crippen LogP contribution in [0.15, 0.2) is 0 Å². The molecule has 0 radical (unpaired) electrons. The maximum absolute atomic E-state index is 11.9. The molecule has 0 saturated carbocycles. The van der Waals surface area contributed by atoms with Crippen molar-refractivity contribution in [3.8, 4) is 0 Å². The highest BCUT2D eigenvalue weighted by Gasteiger charge is 2.38. The summed E-state index contributed by atoms with van der Waals surface area (Å²) in [6, 6.07) is 0. The molecule has 4 nitrogen and oxygen atoms in total. The van der Waals surface area contributed by atoms with Crippen molar-refractivity contribution >= 4 is 17.3 Å². The number of methoxy groups -OCH3 is 1. The molecular formula is C17H24O4S. The van der Waals surface area contributed by atoms with E-state index in [-0.39, 0.29) is 17.3 Å². The van der Waals surface area contributed by atoms with Gasteiger partial charge in [0, 0.05) is 28.7 Å². The summed E-state index contributed by atoms with van der Waals surface area (Å²) < 4.78 is 10.9. The predicted molar refractivity (Wildman–Crippen MR) is 86.0 cm³/mol. The zero-order valence-electron chi connectivity index (χ0n) is 13.5. The lowest BCUT2D eigenvalue weighted by Gasteiger charge is -2.29. The standard InChI is InChI=1S/C17H24O4S/c1-17(2)5-4-13-11(6-17)14(16(18)19)15(22-13)12-9-21-8-10(12)7-20-3/h10,12H,4-9H2,1-3H3,(H,18,19)/t10-,12+/m1/s1. The molecule has 0 bridgehead atoms. The average molecular weight is 324 g/mol. The van der Waals surface area contributed by atoms with E-state index in [4.69, 9.17) is 9.47 Å². The molecule has 0 aromatic carbocycles. The van der Waals surface area contributed by atoms with Crippen LogP contribution in [-0.4, -0.2) is 38.0 Å². The van der Waals surface area contributed by atoms with Gasteiger partial charge in [-0.3, -0.25) is 0 Å². The average Bonchev–Trinajstić information content (AvgIpc) is 3.01. The molecule has 2 aliphatic rings. The fraction of sp³-hybridized carbons (Fsp3) is 0.706. The molecule has 5 heteroatoms. The quantitative estimate of drug-likeness (QED) is 0.923. The maximum atomic E-state index is 11.9. The van der Waals surface area contributed by atoms with Crippen LogP contribution in [0, 0.1) is 11.3 Å². The SMILES string of the molecule is COC[C@@H]1COC[C@@H]1c1sc2c(c1C(=O)O)CC(C)(C)CC2. The van der Waals surface area contributed by atoms with Crippen molar-refractivity contribution in [1.82, 2.24) is 0 Å². The molecule has 2 heterocycles. The summed E-state index contributed by atoms with van der Waals surface area (Å²) in [4.78, 5) is 14.2. The van der Waals surface area contributed by atoms with Gasteiger partial charge in [-0.2, -0.15) is 0 Å². The zero-order chi connectivity index (χ0) is 15.9. The van der Waals surface area contributed by atoms with Crippen molar-refractivity contribution in [2.45, 2.75) is 39.0 Å². The molecule has 3 rings (SSSR count). The van der Waals surface area contributed by atoms with Gasteiger partial charge in [0.15, 0.2) is 0 Å². The first kappa shape index (κ1) is 16.0. The smallest absolute Gasteiger partial charge is 0.337 e.